The van der Waals surface area contributed by atoms with Gasteiger partial charge in [0.1, 0.15) is 0 Å². The molecule has 70 valence electrons. The van der Waals surface area contributed by atoms with E-state index in [2.05, 4.69) is 0 Å². The Morgan fingerprint density at radius 2 is 1.36 bits per heavy atom. The first-order chi connectivity index (χ1) is 5.86. The van der Waals surface area contributed by atoms with Crippen LogP contribution in [0.25, 0.3) is 5.69 Å². The fourth-order valence-electron chi connectivity index (χ4n) is 1.15. The summed E-state index contributed by atoms with van der Waals surface area (Å²) in [6.07, 6.45) is 4.01. The SMILES string of the molecule is [B+2]c1ccc(-n2cccc2)cc1.[OH-].[OH-]. The van der Waals surface area contributed by atoms with Crippen LogP contribution in [-0.4, -0.2) is 23.4 Å². The molecule has 0 aliphatic heterocycles. The van der Waals surface area contributed by atoms with Crippen LogP contribution in [0, 0.1) is 0 Å². The Morgan fingerprint density at radius 3 is 1.86 bits per heavy atom. The van der Waals surface area contributed by atoms with Crippen LogP contribution < -0.4 is 5.46 Å². The molecular weight excluding hydrogens is 177 g/mol. The molecule has 0 aliphatic carbocycles. The van der Waals surface area contributed by atoms with Crippen LogP contribution in [0.2, 0.25) is 0 Å². The third kappa shape index (κ3) is 2.48. The molecular formula is C10H10BNO2. The fourth-order valence-corrected chi connectivity index (χ4v) is 1.15. The standard InChI is InChI=1S/C10H8BN.2H2O/c11-9-3-5-10(6-4-9)12-7-1-2-8-12;;/h1-8H;2*1H2/q+2;;/p-2. The largest absolute Gasteiger partial charge is 0.870 e. The number of hydrogen-bond donors (Lipinski definition) is 0. The number of benzene rings is 1. The Labute approximate surface area is 84.0 Å². The van der Waals surface area contributed by atoms with E-state index in [0.717, 1.165) is 11.2 Å². The Hall–Kier alpha value is -1.52. The van der Waals surface area contributed by atoms with E-state index >= 15 is 0 Å². The van der Waals surface area contributed by atoms with E-state index in [9.17, 15) is 0 Å². The first-order valence-electron chi connectivity index (χ1n) is 3.85. The van der Waals surface area contributed by atoms with Crippen molar-refractivity contribution in [3.8, 4) is 5.69 Å². The number of hydrogen-bond acceptors (Lipinski definition) is 2. The summed E-state index contributed by atoms with van der Waals surface area (Å²) in [6.45, 7) is 0. The van der Waals surface area contributed by atoms with E-state index in [-0.39, 0.29) is 11.0 Å². The number of rotatable bonds is 1. The molecule has 0 amide bonds. The van der Waals surface area contributed by atoms with E-state index < -0.39 is 0 Å². The van der Waals surface area contributed by atoms with Crippen molar-refractivity contribution in [3.05, 3.63) is 48.8 Å². The summed E-state index contributed by atoms with van der Waals surface area (Å²) in [4.78, 5) is 0. The normalized spacial score (nSPS) is 8.71. The van der Waals surface area contributed by atoms with Crippen LogP contribution in [-0.2, 0) is 0 Å². The Balaban J connectivity index is 0.000000845. The first-order valence-corrected chi connectivity index (χ1v) is 3.85. The molecule has 3 nitrogen and oxygen atoms in total. The maximum atomic E-state index is 5.57. The van der Waals surface area contributed by atoms with Gasteiger partial charge in [0, 0.05) is 0 Å². The quantitative estimate of drug-likeness (QED) is 0.623. The third-order valence-corrected chi connectivity index (χ3v) is 1.80. The molecule has 0 spiro atoms. The summed E-state index contributed by atoms with van der Waals surface area (Å²) < 4.78 is 2.04. The molecule has 0 unspecified atom stereocenters. The van der Waals surface area contributed by atoms with Crippen molar-refractivity contribution in [2.75, 3.05) is 0 Å². The van der Waals surface area contributed by atoms with Gasteiger partial charge in [0.15, 0.2) is 0 Å². The van der Waals surface area contributed by atoms with Crippen molar-refractivity contribution in [1.82, 2.24) is 4.57 Å². The van der Waals surface area contributed by atoms with Crippen LogP contribution in [0.3, 0.4) is 0 Å². The summed E-state index contributed by atoms with van der Waals surface area (Å²) in [5.74, 6) is 0. The Bertz CT molecular complexity index is 356. The second-order valence-corrected chi connectivity index (χ2v) is 2.68. The van der Waals surface area contributed by atoms with E-state index in [0.29, 0.717) is 0 Å². The molecule has 1 aromatic heterocycles. The van der Waals surface area contributed by atoms with Gasteiger partial charge in [0.25, 0.3) is 0 Å². The second-order valence-electron chi connectivity index (χ2n) is 2.68. The Kier molecular flexibility index (Phi) is 4.70. The van der Waals surface area contributed by atoms with Crippen LogP contribution in [0.5, 0.6) is 0 Å². The zero-order valence-corrected chi connectivity index (χ0v) is 7.54. The van der Waals surface area contributed by atoms with Gasteiger partial charge in [0.2, 0.25) is 0 Å². The minimum Gasteiger partial charge on any atom is -0.870 e. The summed E-state index contributed by atoms with van der Waals surface area (Å²) in [7, 11) is 5.57. The molecule has 14 heavy (non-hydrogen) atoms. The molecule has 2 rings (SSSR count). The molecule has 0 saturated heterocycles. The van der Waals surface area contributed by atoms with Crippen molar-refractivity contribution in [3.63, 3.8) is 0 Å². The van der Waals surface area contributed by atoms with Gasteiger partial charge in [-0.05, 0) is 0 Å². The molecule has 2 N–H and O–H groups in total. The molecule has 0 saturated carbocycles. The third-order valence-electron chi connectivity index (χ3n) is 1.80. The van der Waals surface area contributed by atoms with Gasteiger partial charge in [-0.15, -0.1) is 0 Å². The first kappa shape index (κ1) is 12.5. The van der Waals surface area contributed by atoms with Gasteiger partial charge in [0.05, 0.1) is 0 Å². The van der Waals surface area contributed by atoms with Crippen molar-refractivity contribution in [1.29, 1.82) is 0 Å². The molecule has 0 aliphatic rings. The maximum Gasteiger partial charge on any atom is -0.870 e. The minimum absolute atomic E-state index is 0. The van der Waals surface area contributed by atoms with Crippen LogP contribution in [0.1, 0.15) is 0 Å². The molecule has 1 aromatic carbocycles. The minimum atomic E-state index is 0. The molecule has 0 fully saturated rings. The van der Waals surface area contributed by atoms with Crippen molar-refractivity contribution >= 4 is 13.3 Å². The van der Waals surface area contributed by atoms with Gasteiger partial charge in [-0.3, -0.25) is 0 Å². The average Bonchev–Trinajstić information content (AvgIpc) is 2.58. The number of aromatic nitrogens is 1. The molecule has 2 aromatic rings. The second kappa shape index (κ2) is 5.27. The predicted molar refractivity (Wildman–Crippen MR) is 55.0 cm³/mol. The molecule has 1 heterocycles. The van der Waals surface area contributed by atoms with Gasteiger partial charge >= 0.3 is 72.4 Å². The maximum absolute atomic E-state index is 5.57. The molecule has 0 atom stereocenters. The monoisotopic (exact) mass is 187 g/mol. The Morgan fingerprint density at radius 1 is 0.857 bits per heavy atom. The molecule has 4 heteroatoms. The van der Waals surface area contributed by atoms with Gasteiger partial charge in [-0.1, -0.05) is 0 Å². The van der Waals surface area contributed by atoms with Crippen LogP contribution in [0.4, 0.5) is 0 Å². The summed E-state index contributed by atoms with van der Waals surface area (Å²) in [5, 5.41) is 0. The summed E-state index contributed by atoms with van der Waals surface area (Å²) in [5.41, 5.74) is 1.93. The van der Waals surface area contributed by atoms with E-state index in [1.165, 1.54) is 0 Å². The fraction of sp³-hybridized carbons (Fsp3) is 0. The zero-order chi connectivity index (χ0) is 8.39. The van der Waals surface area contributed by atoms with Crippen molar-refractivity contribution in [2.24, 2.45) is 0 Å². The van der Waals surface area contributed by atoms with Gasteiger partial charge < -0.3 is 11.0 Å². The van der Waals surface area contributed by atoms with E-state index in [1.807, 2.05) is 53.4 Å². The van der Waals surface area contributed by atoms with E-state index in [4.69, 9.17) is 7.85 Å². The van der Waals surface area contributed by atoms with Crippen LogP contribution >= 0.6 is 0 Å². The molecule has 0 bridgehead atoms. The van der Waals surface area contributed by atoms with Crippen molar-refractivity contribution in [2.45, 2.75) is 0 Å². The summed E-state index contributed by atoms with van der Waals surface area (Å²) >= 11 is 0. The van der Waals surface area contributed by atoms with Crippen molar-refractivity contribution < 1.29 is 11.0 Å². The van der Waals surface area contributed by atoms with E-state index in [1.54, 1.807) is 0 Å². The molecule has 0 radical (unpaired) electrons. The van der Waals surface area contributed by atoms with Gasteiger partial charge in [-0.2, -0.15) is 0 Å². The zero-order valence-electron chi connectivity index (χ0n) is 7.54. The predicted octanol–water partition coefficient (Wildman–Crippen LogP) is 0.918. The summed E-state index contributed by atoms with van der Waals surface area (Å²) in [6, 6.07) is 11.8. The van der Waals surface area contributed by atoms with Crippen LogP contribution in [0.15, 0.2) is 48.8 Å². The number of nitrogens with zero attached hydrogens (tertiary/aromatic N) is 1. The smallest absolute Gasteiger partial charge is 0.870 e. The van der Waals surface area contributed by atoms with Gasteiger partial charge in [-0.25, -0.2) is 0 Å². The topological polar surface area (TPSA) is 64.9 Å². The average molecular weight is 187 g/mol.